The molecule has 0 aliphatic carbocycles. The lowest BCUT2D eigenvalue weighted by atomic mass is 10.1. The predicted octanol–water partition coefficient (Wildman–Crippen LogP) is 3.78. The summed E-state index contributed by atoms with van der Waals surface area (Å²) < 4.78 is 0. The van der Waals surface area contributed by atoms with Gasteiger partial charge in [-0.3, -0.25) is 14.8 Å². The van der Waals surface area contributed by atoms with Crippen molar-refractivity contribution >= 4 is 11.7 Å². The average molecular weight is 367 g/mol. The van der Waals surface area contributed by atoms with Crippen LogP contribution in [0, 0.1) is 0 Å². The van der Waals surface area contributed by atoms with Gasteiger partial charge in [-0.05, 0) is 35.9 Å². The molecule has 0 bridgehead atoms. The Bertz CT molecular complexity index is 963. The molecule has 0 saturated heterocycles. The maximum Gasteiger partial charge on any atom is 0.230 e. The summed E-state index contributed by atoms with van der Waals surface area (Å²) in [7, 11) is 0. The van der Waals surface area contributed by atoms with Crippen LogP contribution in [0.1, 0.15) is 5.56 Å². The van der Waals surface area contributed by atoms with Gasteiger partial charge in [0, 0.05) is 29.7 Å². The van der Waals surface area contributed by atoms with Crippen LogP contribution in [0.25, 0.3) is 22.5 Å². The van der Waals surface area contributed by atoms with E-state index in [4.69, 9.17) is 0 Å². The zero-order valence-electron chi connectivity index (χ0n) is 15.0. The van der Waals surface area contributed by atoms with Gasteiger partial charge in [0.15, 0.2) is 5.82 Å². The van der Waals surface area contributed by atoms with Crippen LogP contribution in [-0.4, -0.2) is 26.1 Å². The van der Waals surface area contributed by atoms with Crippen molar-refractivity contribution in [3.63, 3.8) is 0 Å². The van der Waals surface area contributed by atoms with Gasteiger partial charge in [0.25, 0.3) is 0 Å². The van der Waals surface area contributed by atoms with Gasteiger partial charge >= 0.3 is 0 Å². The Labute approximate surface area is 162 Å². The van der Waals surface area contributed by atoms with Gasteiger partial charge < -0.3 is 5.32 Å². The molecule has 1 N–H and O–H groups in total. The number of hydrogen-bond acceptors (Lipinski definition) is 5. The van der Waals surface area contributed by atoms with E-state index in [9.17, 15) is 4.79 Å². The number of amides is 1. The van der Waals surface area contributed by atoms with E-state index in [0.29, 0.717) is 5.82 Å². The number of benzene rings is 1. The SMILES string of the molecule is O=C(Cc1ccc(-c2ccncc2)nc1)Nc1ccc(-c2ccccc2)nn1. The molecular formula is C22H17N5O. The first kappa shape index (κ1) is 17.5. The smallest absolute Gasteiger partial charge is 0.230 e. The first-order valence-corrected chi connectivity index (χ1v) is 8.82. The Hall–Kier alpha value is -3.93. The average Bonchev–Trinajstić information content (AvgIpc) is 2.76. The van der Waals surface area contributed by atoms with Gasteiger partial charge in [0.2, 0.25) is 5.91 Å². The van der Waals surface area contributed by atoms with Crippen LogP contribution in [0.2, 0.25) is 0 Å². The number of carbonyl (C=O) groups excluding carboxylic acids is 1. The molecule has 6 heteroatoms. The number of rotatable bonds is 5. The first-order valence-electron chi connectivity index (χ1n) is 8.82. The number of pyridine rings is 2. The van der Waals surface area contributed by atoms with Crippen LogP contribution >= 0.6 is 0 Å². The normalized spacial score (nSPS) is 10.4. The van der Waals surface area contributed by atoms with E-state index < -0.39 is 0 Å². The van der Waals surface area contributed by atoms with Crippen molar-refractivity contribution in [2.24, 2.45) is 0 Å². The maximum absolute atomic E-state index is 12.3. The van der Waals surface area contributed by atoms with Gasteiger partial charge in [-0.2, -0.15) is 0 Å². The zero-order valence-corrected chi connectivity index (χ0v) is 15.0. The molecular weight excluding hydrogens is 350 g/mol. The van der Waals surface area contributed by atoms with Crippen molar-refractivity contribution in [2.75, 3.05) is 5.32 Å². The second kappa shape index (κ2) is 8.18. The summed E-state index contributed by atoms with van der Waals surface area (Å²) in [6.07, 6.45) is 5.37. The van der Waals surface area contributed by atoms with Gasteiger partial charge in [0.05, 0.1) is 17.8 Å². The van der Waals surface area contributed by atoms with E-state index in [1.54, 1.807) is 24.7 Å². The number of carbonyl (C=O) groups is 1. The molecule has 0 fully saturated rings. The molecule has 0 aliphatic heterocycles. The molecule has 0 unspecified atom stereocenters. The van der Waals surface area contributed by atoms with E-state index in [0.717, 1.165) is 28.1 Å². The van der Waals surface area contributed by atoms with E-state index in [2.05, 4.69) is 25.5 Å². The monoisotopic (exact) mass is 367 g/mol. The quantitative estimate of drug-likeness (QED) is 0.580. The Morgan fingerprint density at radius 1 is 0.786 bits per heavy atom. The fourth-order valence-electron chi connectivity index (χ4n) is 2.76. The first-order chi connectivity index (χ1) is 13.8. The van der Waals surface area contributed by atoms with Crippen LogP contribution in [0.5, 0.6) is 0 Å². The second-order valence-electron chi connectivity index (χ2n) is 6.18. The number of nitrogens with zero attached hydrogens (tertiary/aromatic N) is 4. The maximum atomic E-state index is 12.3. The summed E-state index contributed by atoms with van der Waals surface area (Å²) >= 11 is 0. The lowest BCUT2D eigenvalue weighted by Crippen LogP contribution is -2.15. The summed E-state index contributed by atoms with van der Waals surface area (Å²) in [6, 6.07) is 20.9. The molecule has 0 spiro atoms. The largest absolute Gasteiger partial charge is 0.309 e. The van der Waals surface area contributed by atoms with Gasteiger partial charge in [0.1, 0.15) is 0 Å². The Morgan fingerprint density at radius 2 is 1.54 bits per heavy atom. The molecule has 0 atom stereocenters. The fraction of sp³-hybridized carbons (Fsp3) is 0.0455. The van der Waals surface area contributed by atoms with Crippen molar-refractivity contribution in [1.29, 1.82) is 0 Å². The highest BCUT2D eigenvalue weighted by Gasteiger charge is 2.07. The van der Waals surface area contributed by atoms with E-state index in [-0.39, 0.29) is 12.3 Å². The Morgan fingerprint density at radius 3 is 2.21 bits per heavy atom. The van der Waals surface area contributed by atoms with Crippen molar-refractivity contribution in [3.8, 4) is 22.5 Å². The standard InChI is InChI=1S/C22H17N5O/c28-22(14-16-6-7-19(24-15-16)18-10-12-23-13-11-18)25-21-9-8-20(26-27-21)17-4-2-1-3-5-17/h1-13,15H,14H2,(H,25,27,28). The molecule has 4 aromatic rings. The third-order valence-electron chi connectivity index (χ3n) is 4.17. The third kappa shape index (κ3) is 4.24. The Kier molecular flexibility index (Phi) is 5.11. The Balaban J connectivity index is 1.38. The van der Waals surface area contributed by atoms with Gasteiger partial charge in [-0.25, -0.2) is 0 Å². The van der Waals surface area contributed by atoms with Crippen LogP contribution < -0.4 is 5.32 Å². The number of hydrogen-bond donors (Lipinski definition) is 1. The second-order valence-corrected chi connectivity index (χ2v) is 6.18. The van der Waals surface area contributed by atoms with E-state index in [1.165, 1.54) is 0 Å². The zero-order chi connectivity index (χ0) is 19.2. The molecule has 28 heavy (non-hydrogen) atoms. The molecule has 1 amide bonds. The van der Waals surface area contributed by atoms with Crippen molar-refractivity contribution in [2.45, 2.75) is 6.42 Å². The van der Waals surface area contributed by atoms with Crippen molar-refractivity contribution in [3.05, 3.63) is 90.9 Å². The molecule has 0 saturated carbocycles. The molecule has 136 valence electrons. The topological polar surface area (TPSA) is 80.7 Å². The lowest BCUT2D eigenvalue weighted by Gasteiger charge is -2.06. The summed E-state index contributed by atoms with van der Waals surface area (Å²) in [4.78, 5) is 20.7. The predicted molar refractivity (Wildman–Crippen MR) is 107 cm³/mol. The van der Waals surface area contributed by atoms with E-state index in [1.807, 2.05) is 60.7 Å². The highest BCUT2D eigenvalue weighted by molar-refractivity contribution is 5.91. The highest BCUT2D eigenvalue weighted by atomic mass is 16.1. The molecule has 3 heterocycles. The molecule has 0 radical (unpaired) electrons. The minimum Gasteiger partial charge on any atom is -0.309 e. The minimum atomic E-state index is -0.166. The summed E-state index contributed by atoms with van der Waals surface area (Å²) in [5.74, 6) is 0.256. The minimum absolute atomic E-state index is 0.166. The van der Waals surface area contributed by atoms with E-state index >= 15 is 0 Å². The lowest BCUT2D eigenvalue weighted by molar-refractivity contribution is -0.115. The van der Waals surface area contributed by atoms with Crippen LogP contribution in [0.4, 0.5) is 5.82 Å². The third-order valence-corrected chi connectivity index (χ3v) is 4.17. The van der Waals surface area contributed by atoms with Crippen molar-refractivity contribution in [1.82, 2.24) is 20.2 Å². The summed E-state index contributed by atoms with van der Waals surface area (Å²) in [6.45, 7) is 0. The molecule has 4 rings (SSSR count). The molecule has 1 aromatic carbocycles. The van der Waals surface area contributed by atoms with Crippen LogP contribution in [0.15, 0.2) is 85.3 Å². The number of nitrogens with one attached hydrogen (secondary N) is 1. The van der Waals surface area contributed by atoms with Crippen LogP contribution in [-0.2, 0) is 11.2 Å². The number of anilines is 1. The molecule has 0 aliphatic rings. The highest BCUT2D eigenvalue weighted by Crippen LogP contribution is 2.17. The van der Waals surface area contributed by atoms with Gasteiger partial charge in [-0.15, -0.1) is 10.2 Å². The summed E-state index contributed by atoms with van der Waals surface area (Å²) in [5.41, 5.74) is 4.39. The summed E-state index contributed by atoms with van der Waals surface area (Å²) in [5, 5.41) is 11.0. The number of aromatic nitrogens is 4. The molecule has 3 aromatic heterocycles. The molecule has 6 nitrogen and oxygen atoms in total. The van der Waals surface area contributed by atoms with Crippen LogP contribution in [0.3, 0.4) is 0 Å². The van der Waals surface area contributed by atoms with Gasteiger partial charge in [-0.1, -0.05) is 36.4 Å². The fourth-order valence-corrected chi connectivity index (χ4v) is 2.76. The van der Waals surface area contributed by atoms with Crippen molar-refractivity contribution < 1.29 is 4.79 Å².